The average molecular weight is 731 g/mol. The van der Waals surface area contributed by atoms with Gasteiger partial charge < -0.3 is 34.3 Å². The molecular weight excluding hydrogens is 664 g/mol. The summed E-state index contributed by atoms with van der Waals surface area (Å²) < 4.78 is 27.2. The fourth-order valence-electron chi connectivity index (χ4n) is 5.04. The first-order chi connectivity index (χ1) is 24.1. The Kier molecular flexibility index (Phi) is 22.7. The van der Waals surface area contributed by atoms with Gasteiger partial charge in [-0.15, -0.1) is 0 Å². The molecule has 1 rings (SSSR count). The van der Waals surface area contributed by atoms with E-state index in [1.165, 1.54) is 21.1 Å². The smallest absolute Gasteiger partial charge is 0.319 e. The van der Waals surface area contributed by atoms with Crippen molar-refractivity contribution in [1.29, 1.82) is 0 Å². The van der Waals surface area contributed by atoms with Gasteiger partial charge in [-0.2, -0.15) is 0 Å². The van der Waals surface area contributed by atoms with E-state index < -0.39 is 17.2 Å². The summed E-state index contributed by atoms with van der Waals surface area (Å²) >= 11 is 0. The third-order valence-electron chi connectivity index (χ3n) is 8.49. The van der Waals surface area contributed by atoms with Gasteiger partial charge in [0.25, 0.3) is 0 Å². The Hall–Kier alpha value is -2.89. The van der Waals surface area contributed by atoms with Gasteiger partial charge in [0.1, 0.15) is 6.73 Å². The summed E-state index contributed by atoms with van der Waals surface area (Å²) in [6, 6.07) is 0. The number of hydrogen-bond donors (Lipinski definition) is 2. The van der Waals surface area contributed by atoms with E-state index in [1.54, 1.807) is 0 Å². The molecular formula is C35H66N6O10. The number of nitrogens with one attached hydrogen (secondary N) is 2. The second-order valence-electron chi connectivity index (χ2n) is 14.1. The van der Waals surface area contributed by atoms with E-state index in [9.17, 15) is 24.0 Å². The SMILES string of the molecule is CCCCNC(=O)CCOC(C)(C)CCOC(C)(C)CNC(=O)CN1CCN(COC(C)=O)CCN(CC(=O)OC)CCN(CC(=O)OC)CC1. The molecule has 1 saturated heterocycles. The normalized spacial score (nSPS) is 16.4. The molecule has 296 valence electrons. The molecule has 0 saturated carbocycles. The Balaban J connectivity index is 2.77. The topological polar surface area (TPSA) is 169 Å². The second kappa shape index (κ2) is 25.1. The standard InChI is InChI=1S/C35H66N6O10/c1-9-10-13-36-30(43)11-22-50-34(3,4)12-23-51-35(5,6)27-37-31(44)24-38-14-15-39(25-32(45)47-7)16-17-40(26-33(46)48-8)19-21-41(20-18-38)28-49-29(2)42/h9-28H2,1-8H3,(H,36,43)(H,37,44). The highest BCUT2D eigenvalue weighted by molar-refractivity contribution is 5.78. The van der Waals surface area contributed by atoms with Crippen LogP contribution in [-0.4, -0.2) is 180 Å². The Labute approximate surface area is 305 Å². The predicted molar refractivity (Wildman–Crippen MR) is 192 cm³/mol. The number of esters is 3. The van der Waals surface area contributed by atoms with E-state index in [2.05, 4.69) is 17.6 Å². The van der Waals surface area contributed by atoms with Crippen LogP contribution in [0.1, 0.15) is 67.2 Å². The Morgan fingerprint density at radius 3 is 1.63 bits per heavy atom. The molecule has 2 N–H and O–H groups in total. The van der Waals surface area contributed by atoms with Crippen LogP contribution >= 0.6 is 0 Å². The molecule has 0 unspecified atom stereocenters. The van der Waals surface area contributed by atoms with E-state index in [4.69, 9.17) is 23.7 Å². The number of ether oxygens (including phenoxy) is 5. The maximum absolute atomic E-state index is 13.2. The zero-order chi connectivity index (χ0) is 38.3. The number of methoxy groups -OCH3 is 2. The molecule has 51 heavy (non-hydrogen) atoms. The van der Waals surface area contributed by atoms with Crippen molar-refractivity contribution in [3.8, 4) is 0 Å². The number of rotatable bonds is 21. The highest BCUT2D eigenvalue weighted by Crippen LogP contribution is 2.17. The van der Waals surface area contributed by atoms with Crippen LogP contribution in [0.3, 0.4) is 0 Å². The van der Waals surface area contributed by atoms with Gasteiger partial charge in [0.2, 0.25) is 11.8 Å². The van der Waals surface area contributed by atoms with Gasteiger partial charge in [0.15, 0.2) is 0 Å². The minimum absolute atomic E-state index is 0.0123. The van der Waals surface area contributed by atoms with Crippen molar-refractivity contribution in [3.63, 3.8) is 0 Å². The molecule has 0 spiro atoms. The van der Waals surface area contributed by atoms with Crippen LogP contribution in [0.4, 0.5) is 0 Å². The molecule has 0 aromatic heterocycles. The van der Waals surface area contributed by atoms with Crippen LogP contribution in [0, 0.1) is 0 Å². The number of unbranched alkanes of at least 4 members (excludes halogenated alkanes) is 1. The maximum atomic E-state index is 13.2. The van der Waals surface area contributed by atoms with Crippen molar-refractivity contribution in [3.05, 3.63) is 0 Å². The number of nitrogens with zero attached hydrogens (tertiary/aromatic N) is 4. The number of amides is 2. The second-order valence-corrected chi connectivity index (χ2v) is 14.1. The lowest BCUT2D eigenvalue weighted by molar-refractivity contribution is -0.146. The summed E-state index contributed by atoms with van der Waals surface area (Å²) in [6.07, 6.45) is 2.91. The van der Waals surface area contributed by atoms with E-state index in [0.29, 0.717) is 91.5 Å². The molecule has 2 amide bonds. The monoisotopic (exact) mass is 730 g/mol. The third-order valence-corrected chi connectivity index (χ3v) is 8.49. The van der Waals surface area contributed by atoms with Crippen molar-refractivity contribution in [1.82, 2.24) is 30.2 Å². The highest BCUT2D eigenvalue weighted by atomic mass is 16.5. The van der Waals surface area contributed by atoms with E-state index in [0.717, 1.165) is 12.8 Å². The van der Waals surface area contributed by atoms with Crippen molar-refractivity contribution >= 4 is 29.7 Å². The Bertz CT molecular complexity index is 1060. The third kappa shape index (κ3) is 23.3. The number of carbonyl (C=O) groups is 5. The molecule has 0 atom stereocenters. The fraction of sp³-hybridized carbons (Fsp3) is 0.857. The summed E-state index contributed by atoms with van der Waals surface area (Å²) in [4.78, 5) is 68.9. The van der Waals surface area contributed by atoms with E-state index in [-0.39, 0.29) is 50.1 Å². The molecule has 0 aromatic carbocycles. The average Bonchev–Trinajstić information content (AvgIpc) is 3.06. The molecule has 16 heteroatoms. The molecule has 0 aliphatic carbocycles. The zero-order valence-corrected chi connectivity index (χ0v) is 32.5. The molecule has 1 fully saturated rings. The summed E-state index contributed by atoms with van der Waals surface area (Å²) in [5, 5.41) is 5.90. The summed E-state index contributed by atoms with van der Waals surface area (Å²) in [6.45, 7) is 17.2. The van der Waals surface area contributed by atoms with Crippen molar-refractivity contribution in [2.75, 3.05) is 119 Å². The molecule has 0 aromatic rings. The molecule has 0 radical (unpaired) electrons. The summed E-state index contributed by atoms with van der Waals surface area (Å²) in [5.74, 6) is -1.32. The first-order valence-corrected chi connectivity index (χ1v) is 18.1. The first kappa shape index (κ1) is 46.1. The molecule has 1 heterocycles. The lowest BCUT2D eigenvalue weighted by Crippen LogP contribution is -2.50. The fourth-order valence-corrected chi connectivity index (χ4v) is 5.04. The van der Waals surface area contributed by atoms with Crippen LogP contribution in [0.25, 0.3) is 0 Å². The van der Waals surface area contributed by atoms with Crippen LogP contribution in [-0.2, 0) is 47.7 Å². The van der Waals surface area contributed by atoms with Crippen molar-refractivity contribution < 1.29 is 47.7 Å². The minimum Gasteiger partial charge on any atom is -0.468 e. The Morgan fingerprint density at radius 2 is 1.14 bits per heavy atom. The lowest BCUT2D eigenvalue weighted by atomic mass is 10.1. The van der Waals surface area contributed by atoms with Crippen molar-refractivity contribution in [2.45, 2.75) is 78.4 Å². The van der Waals surface area contributed by atoms with Gasteiger partial charge in [-0.1, -0.05) is 13.3 Å². The van der Waals surface area contributed by atoms with E-state index >= 15 is 0 Å². The van der Waals surface area contributed by atoms with Crippen LogP contribution in [0.5, 0.6) is 0 Å². The molecule has 0 bridgehead atoms. The van der Waals surface area contributed by atoms with Crippen LogP contribution < -0.4 is 10.6 Å². The number of carbonyl (C=O) groups excluding carboxylic acids is 5. The zero-order valence-electron chi connectivity index (χ0n) is 32.5. The lowest BCUT2D eigenvalue weighted by Gasteiger charge is -2.33. The predicted octanol–water partition coefficient (Wildman–Crippen LogP) is 0.478. The van der Waals surface area contributed by atoms with Gasteiger partial charge in [-0.05, 0) is 40.5 Å². The highest BCUT2D eigenvalue weighted by Gasteiger charge is 2.25. The number of hydrogen-bond acceptors (Lipinski definition) is 14. The van der Waals surface area contributed by atoms with Gasteiger partial charge >= 0.3 is 17.9 Å². The molecule has 16 nitrogen and oxygen atoms in total. The van der Waals surface area contributed by atoms with E-state index in [1.807, 2.05) is 47.3 Å². The van der Waals surface area contributed by atoms with Gasteiger partial charge in [0, 0.05) is 78.8 Å². The molecule has 1 aliphatic rings. The van der Waals surface area contributed by atoms with Gasteiger partial charge in [0.05, 0.1) is 58.3 Å². The minimum atomic E-state index is -0.638. The quantitative estimate of drug-likeness (QED) is 0.0951. The maximum Gasteiger partial charge on any atom is 0.319 e. The van der Waals surface area contributed by atoms with Crippen LogP contribution in [0.2, 0.25) is 0 Å². The summed E-state index contributed by atoms with van der Waals surface area (Å²) in [5.41, 5.74) is -1.12. The summed E-state index contributed by atoms with van der Waals surface area (Å²) in [7, 11) is 2.68. The van der Waals surface area contributed by atoms with Crippen LogP contribution in [0.15, 0.2) is 0 Å². The molecule has 1 aliphatic heterocycles. The van der Waals surface area contributed by atoms with Crippen molar-refractivity contribution in [2.24, 2.45) is 0 Å². The first-order valence-electron chi connectivity index (χ1n) is 18.1. The van der Waals surface area contributed by atoms with Gasteiger partial charge in [-0.25, -0.2) is 0 Å². The largest absolute Gasteiger partial charge is 0.468 e. The van der Waals surface area contributed by atoms with Gasteiger partial charge in [-0.3, -0.25) is 43.6 Å². The Morgan fingerprint density at radius 1 is 0.647 bits per heavy atom.